The molecule has 105 heavy (non-hydrogen) atoms. The fourth-order valence-corrected chi connectivity index (χ4v) is 13.2. The second-order valence-corrected chi connectivity index (χ2v) is 26.8. The summed E-state index contributed by atoms with van der Waals surface area (Å²) >= 11 is 0. The minimum absolute atomic E-state index is 0.0397. The van der Waals surface area contributed by atoms with Crippen LogP contribution in [0.2, 0.25) is 0 Å². The van der Waals surface area contributed by atoms with Gasteiger partial charge in [-0.1, -0.05) is 282 Å². The van der Waals surface area contributed by atoms with Gasteiger partial charge in [-0.05, 0) is 57.9 Å². The van der Waals surface area contributed by atoms with Crippen molar-refractivity contribution in [2.75, 3.05) is 26.9 Å². The molecule has 558 valence electrons. The fourth-order valence-electron chi connectivity index (χ4n) is 13.2. The number of nitrogens with one attached hydrogen (secondary N) is 1. The molecule has 1 N–H and O–H groups in total. The molecule has 3 aliphatic heterocycles. The molecule has 3 saturated heterocycles. The summed E-state index contributed by atoms with van der Waals surface area (Å²) in [7, 11) is 1.53. The maximum Gasteiger partial charge on any atom is 0.306 e. The van der Waals surface area contributed by atoms with Crippen LogP contribution in [0.1, 0.15) is 110 Å². The highest BCUT2D eigenvalue weighted by Gasteiger charge is 2.56. The molecule has 11 rings (SSSR count). The topological polar surface area (TPSA) is 185 Å². The third kappa shape index (κ3) is 24.6. The number of carbonyl (C=O) groups is 2. The summed E-state index contributed by atoms with van der Waals surface area (Å²) in [5, 5.41) is 2.59. The quantitative estimate of drug-likeness (QED) is 0.0281. The van der Waals surface area contributed by atoms with Gasteiger partial charge < -0.3 is 76.4 Å². The van der Waals surface area contributed by atoms with Crippen molar-refractivity contribution >= 4 is 11.9 Å². The van der Waals surface area contributed by atoms with Crippen molar-refractivity contribution < 1.29 is 80.6 Å². The van der Waals surface area contributed by atoms with Crippen LogP contribution in [0.5, 0.6) is 0 Å². The first kappa shape index (κ1) is 78.2. The molecule has 1 amide bonds. The lowest BCUT2D eigenvalue weighted by Gasteiger charge is -2.50. The highest BCUT2D eigenvalue weighted by atomic mass is 16.8. The molecular formula is C87H103NO17. The van der Waals surface area contributed by atoms with Gasteiger partial charge in [0.25, 0.3) is 0 Å². The predicted molar refractivity (Wildman–Crippen MR) is 396 cm³/mol. The molecule has 0 bridgehead atoms. The van der Waals surface area contributed by atoms with Crippen LogP contribution in [-0.2, 0) is 133 Å². The smallest absolute Gasteiger partial charge is 0.306 e. The minimum Gasteiger partial charge on any atom is -0.457 e. The van der Waals surface area contributed by atoms with E-state index < -0.39 is 98.1 Å². The van der Waals surface area contributed by atoms with Crippen molar-refractivity contribution in [3.63, 3.8) is 0 Å². The van der Waals surface area contributed by atoms with Crippen molar-refractivity contribution in [1.82, 2.24) is 5.32 Å². The number of hydrogen-bond acceptors (Lipinski definition) is 17. The van der Waals surface area contributed by atoms with Crippen molar-refractivity contribution in [1.29, 1.82) is 0 Å². The monoisotopic (exact) mass is 1430 g/mol. The van der Waals surface area contributed by atoms with Crippen LogP contribution >= 0.6 is 0 Å². The second kappa shape index (κ2) is 43.1. The molecule has 8 aromatic carbocycles. The molecule has 3 aliphatic rings. The fraction of sp³-hybridized carbons (Fsp3) is 0.425. The average molecular weight is 1430 g/mol. The Morgan fingerprint density at radius 3 is 1.09 bits per heavy atom. The Morgan fingerprint density at radius 2 is 0.667 bits per heavy atom. The zero-order valence-corrected chi connectivity index (χ0v) is 60.6. The molecule has 0 aromatic heterocycles. The van der Waals surface area contributed by atoms with E-state index in [0.29, 0.717) is 6.61 Å². The van der Waals surface area contributed by atoms with Crippen LogP contribution in [0.25, 0.3) is 0 Å². The zero-order valence-electron chi connectivity index (χ0n) is 60.6. The lowest BCUT2D eigenvalue weighted by Crippen LogP contribution is -2.67. The van der Waals surface area contributed by atoms with E-state index in [1.54, 1.807) is 6.92 Å². The third-order valence-corrected chi connectivity index (χ3v) is 18.9. The van der Waals surface area contributed by atoms with E-state index in [-0.39, 0.29) is 84.8 Å². The Labute approximate surface area is 619 Å². The highest BCUT2D eigenvalue weighted by molar-refractivity contribution is 5.81. The zero-order chi connectivity index (χ0) is 72.5. The van der Waals surface area contributed by atoms with E-state index in [1.165, 1.54) is 13.5 Å². The van der Waals surface area contributed by atoms with Gasteiger partial charge in [0.15, 0.2) is 25.0 Å². The standard InChI is InChI=1S/C87H103NO17/c1-4-5-6-7-8-33-52-92-85-83(98-59-70-46-29-15-30-47-70)81(96-57-68-42-25-13-26-43-68)78(72(102-85)61-91-53-64-34-17-9-18-35-64)105-87-84(99-60-71-48-31-16-32-49-71)80(95-56-67-40-23-12-24-41-67)77(93-54-65-36-19-10-20-37-65)73(103-87)62-100-86-82(97-58-69-44-27-14-28-45-69)79(94-55-66-38-21-11-22-39-66)76(63(2)101-86)104-75(90)51-50-74(89)88-3/h9-32,34-49,63,72-73,76-87H,4-8,33,50-62H2,1-3H3,(H,88,89)/t63?,72?,73-,76+,77-,78+,79-,80?,81+,82?,83?,84?,85?,86?,87-/m0/s1. The summed E-state index contributed by atoms with van der Waals surface area (Å²) in [6.45, 7) is 5.55. The number of carbonyl (C=O) groups excluding carboxylic acids is 2. The Kier molecular flexibility index (Phi) is 32.1. The summed E-state index contributed by atoms with van der Waals surface area (Å²) in [5.74, 6) is -0.907. The number of rotatable bonds is 42. The first-order valence-electron chi connectivity index (χ1n) is 37.2. The maximum absolute atomic E-state index is 13.9. The number of ether oxygens (including phenoxy) is 15. The van der Waals surface area contributed by atoms with Gasteiger partial charge in [-0.2, -0.15) is 0 Å². The van der Waals surface area contributed by atoms with Crippen LogP contribution in [0.3, 0.4) is 0 Å². The van der Waals surface area contributed by atoms with Crippen LogP contribution in [0.15, 0.2) is 243 Å². The summed E-state index contributed by atoms with van der Waals surface area (Å²) in [6.07, 6.45) is -8.83. The highest BCUT2D eigenvalue weighted by Crippen LogP contribution is 2.39. The van der Waals surface area contributed by atoms with Gasteiger partial charge >= 0.3 is 5.97 Å². The molecule has 0 aliphatic carbocycles. The molecule has 8 aromatic rings. The van der Waals surface area contributed by atoms with Gasteiger partial charge in [-0.25, -0.2) is 0 Å². The Bertz CT molecular complexity index is 3670. The lowest BCUT2D eigenvalue weighted by atomic mass is 9.95. The number of benzene rings is 8. The molecule has 18 nitrogen and oxygen atoms in total. The molecule has 0 spiro atoms. The third-order valence-electron chi connectivity index (χ3n) is 18.9. The first-order valence-corrected chi connectivity index (χ1v) is 37.2. The van der Waals surface area contributed by atoms with Crippen LogP contribution in [0.4, 0.5) is 0 Å². The molecule has 15 atom stereocenters. The number of amides is 1. The van der Waals surface area contributed by atoms with Crippen molar-refractivity contribution in [2.24, 2.45) is 0 Å². The van der Waals surface area contributed by atoms with Crippen molar-refractivity contribution in [2.45, 2.75) is 210 Å². The number of unbranched alkanes of at least 4 members (excludes halogenated alkanes) is 5. The molecule has 0 radical (unpaired) electrons. The Hall–Kier alpha value is -7.86. The molecule has 18 heteroatoms. The van der Waals surface area contributed by atoms with Crippen LogP contribution in [-0.4, -0.2) is 131 Å². The summed E-state index contributed by atoms with van der Waals surface area (Å²) in [5.41, 5.74) is 7.29. The normalized spacial score (nSPS) is 24.6. The van der Waals surface area contributed by atoms with Crippen LogP contribution < -0.4 is 5.32 Å². The maximum atomic E-state index is 13.9. The van der Waals surface area contributed by atoms with E-state index in [4.69, 9.17) is 71.1 Å². The average Bonchev–Trinajstić information content (AvgIpc) is 0.720. The second-order valence-electron chi connectivity index (χ2n) is 26.8. The summed E-state index contributed by atoms with van der Waals surface area (Å²) in [4.78, 5) is 26.4. The van der Waals surface area contributed by atoms with E-state index in [2.05, 4.69) is 12.2 Å². The van der Waals surface area contributed by atoms with Gasteiger partial charge in [-0.3, -0.25) is 9.59 Å². The van der Waals surface area contributed by atoms with Gasteiger partial charge in [0.2, 0.25) is 5.91 Å². The summed E-state index contributed by atoms with van der Waals surface area (Å²) in [6, 6.07) is 79.3. The first-order chi connectivity index (χ1) is 51.7. The summed E-state index contributed by atoms with van der Waals surface area (Å²) < 4.78 is 107. The van der Waals surface area contributed by atoms with Gasteiger partial charge in [0.05, 0.1) is 78.6 Å². The van der Waals surface area contributed by atoms with E-state index in [0.717, 1.165) is 76.6 Å². The largest absolute Gasteiger partial charge is 0.457 e. The van der Waals surface area contributed by atoms with Gasteiger partial charge in [0, 0.05) is 20.1 Å². The SMILES string of the molecule is CCCCCCCCOC1OC(COCc2ccccc2)[C@@H](O[C@@H]2O[C@@H](COC3OC(C)[C@@H](OC(=O)CCC(=O)NC)[C@H](OCc4ccccc4)C3OCc3ccccc3)[C@H](OCc3ccccc3)C(OCc3ccccc3)C2OCc2ccccc2)[C@@H](OCc2ccccc2)C1OCc1ccccc1. The van der Waals surface area contributed by atoms with Crippen molar-refractivity contribution in [3.8, 4) is 0 Å². The number of hydrogen-bond donors (Lipinski definition) is 1. The number of esters is 1. The molecule has 0 saturated carbocycles. The molecular weight excluding hydrogens is 1330 g/mol. The molecule has 3 heterocycles. The van der Waals surface area contributed by atoms with Gasteiger partial charge in [-0.15, -0.1) is 0 Å². The molecule has 3 fully saturated rings. The lowest BCUT2D eigenvalue weighted by molar-refractivity contribution is -0.382. The minimum atomic E-state index is -1.31. The van der Waals surface area contributed by atoms with Gasteiger partial charge in [0.1, 0.15) is 61.0 Å². The predicted octanol–water partition coefficient (Wildman–Crippen LogP) is 14.7. The van der Waals surface area contributed by atoms with E-state index in [1.807, 2.05) is 243 Å². The molecule has 8 unspecified atom stereocenters. The van der Waals surface area contributed by atoms with E-state index in [9.17, 15) is 9.59 Å². The van der Waals surface area contributed by atoms with Crippen LogP contribution in [0, 0.1) is 0 Å². The van der Waals surface area contributed by atoms with E-state index >= 15 is 0 Å². The van der Waals surface area contributed by atoms with Crippen molar-refractivity contribution in [3.05, 3.63) is 287 Å². The Morgan fingerprint density at radius 1 is 0.333 bits per heavy atom. The Balaban J connectivity index is 1.01.